The molecule has 2 N–H and O–H groups in total. The summed E-state index contributed by atoms with van der Waals surface area (Å²) in [5.41, 5.74) is -0.508. The number of carbonyl (C=O) groups excluding carboxylic acids is 1. The van der Waals surface area contributed by atoms with E-state index in [1.807, 2.05) is 6.08 Å². The molecule has 1 aromatic carbocycles. The van der Waals surface area contributed by atoms with E-state index in [1.165, 1.54) is 6.07 Å². The van der Waals surface area contributed by atoms with Crippen LogP contribution >= 0.6 is 11.6 Å². The van der Waals surface area contributed by atoms with E-state index in [1.54, 1.807) is 6.08 Å². The third-order valence-electron chi connectivity index (χ3n) is 5.24. The fourth-order valence-corrected chi connectivity index (χ4v) is 4.61. The molecule has 0 bridgehead atoms. The number of nitrogens with two attached hydrogens (primary N) is 1. The molecule has 1 saturated carbocycles. The summed E-state index contributed by atoms with van der Waals surface area (Å²) < 4.78 is 28.6. The number of sulfonamides is 1. The van der Waals surface area contributed by atoms with Crippen LogP contribution in [0.2, 0.25) is 0 Å². The van der Waals surface area contributed by atoms with Crippen LogP contribution in [0.5, 0.6) is 5.75 Å². The zero-order valence-corrected chi connectivity index (χ0v) is 16.4. The third-order valence-corrected chi connectivity index (χ3v) is 6.43. The smallest absolute Gasteiger partial charge is 0.312 e. The molecule has 0 spiro atoms. The first kappa shape index (κ1) is 20.5. The van der Waals surface area contributed by atoms with Gasteiger partial charge in [-0.2, -0.15) is 0 Å². The largest absolute Gasteiger partial charge is 0.485 e. The Bertz CT molecular complexity index is 988. The minimum atomic E-state index is -4.09. The van der Waals surface area contributed by atoms with Crippen molar-refractivity contribution in [3.63, 3.8) is 0 Å². The highest BCUT2D eigenvalue weighted by Crippen LogP contribution is 2.48. The summed E-state index contributed by atoms with van der Waals surface area (Å²) in [4.78, 5) is 22.3. The van der Waals surface area contributed by atoms with E-state index in [0.717, 1.165) is 41.9 Å². The Morgan fingerprint density at radius 2 is 2.14 bits per heavy atom. The first-order valence-corrected chi connectivity index (χ1v) is 10.6. The number of nitro groups is 1. The summed E-state index contributed by atoms with van der Waals surface area (Å²) in [6.07, 6.45) is 7.38. The molecule has 0 amide bonds. The molecule has 2 aliphatic rings. The second kappa shape index (κ2) is 7.65. The van der Waals surface area contributed by atoms with Gasteiger partial charge in [0.05, 0.1) is 15.2 Å². The number of nitrogens with zero attached hydrogens (tertiary/aromatic N) is 1. The number of hydrogen-bond donors (Lipinski definition) is 1. The van der Waals surface area contributed by atoms with Gasteiger partial charge in [0.25, 0.3) is 0 Å². The fraction of sp³-hybridized carbons (Fsp3) is 0.389. The van der Waals surface area contributed by atoms with Crippen molar-refractivity contribution in [3.8, 4) is 5.75 Å². The molecule has 0 heterocycles. The average molecular weight is 427 g/mol. The lowest BCUT2D eigenvalue weighted by molar-refractivity contribution is -0.386. The number of benzene rings is 1. The minimum Gasteiger partial charge on any atom is -0.485 e. The topological polar surface area (TPSA) is 130 Å². The first-order valence-electron chi connectivity index (χ1n) is 8.63. The lowest BCUT2D eigenvalue weighted by atomic mass is 9.64. The van der Waals surface area contributed by atoms with E-state index in [0.29, 0.717) is 12.8 Å². The molecule has 1 aromatic rings. The van der Waals surface area contributed by atoms with E-state index in [2.05, 4.69) is 0 Å². The number of ether oxygens (including phenoxy) is 1. The minimum absolute atomic E-state index is 0.0835. The predicted molar refractivity (Wildman–Crippen MR) is 102 cm³/mol. The van der Waals surface area contributed by atoms with Gasteiger partial charge < -0.3 is 9.53 Å². The molecule has 2 unspecified atom stereocenters. The molecular formula is C18H19ClN2O6S. The summed E-state index contributed by atoms with van der Waals surface area (Å²) in [5.74, 6) is 0.0190. The lowest BCUT2D eigenvalue weighted by Crippen LogP contribution is -2.39. The second-order valence-corrected chi connectivity index (χ2v) is 9.07. The number of carbonyl (C=O) groups is 1. The van der Waals surface area contributed by atoms with Gasteiger partial charge in [0.1, 0.15) is 12.9 Å². The Kier molecular flexibility index (Phi) is 5.60. The molecule has 1 fully saturated rings. The maximum absolute atomic E-state index is 12.0. The van der Waals surface area contributed by atoms with Gasteiger partial charge in [0, 0.05) is 11.1 Å². The van der Waals surface area contributed by atoms with Crippen LogP contribution in [0.25, 0.3) is 0 Å². The number of halogens is 1. The van der Waals surface area contributed by atoms with Crippen molar-refractivity contribution < 1.29 is 22.9 Å². The van der Waals surface area contributed by atoms with Crippen molar-refractivity contribution in [1.82, 2.24) is 0 Å². The van der Waals surface area contributed by atoms with Gasteiger partial charge in [0.2, 0.25) is 10.0 Å². The van der Waals surface area contributed by atoms with E-state index in [-0.39, 0.29) is 23.2 Å². The summed E-state index contributed by atoms with van der Waals surface area (Å²) in [6.45, 7) is -0.0835. The summed E-state index contributed by atoms with van der Waals surface area (Å²) in [7, 11) is -4.09. The van der Waals surface area contributed by atoms with Crippen LogP contribution in [0.4, 0.5) is 5.69 Å². The van der Waals surface area contributed by atoms with Crippen molar-refractivity contribution in [1.29, 1.82) is 0 Å². The Morgan fingerprint density at radius 1 is 1.39 bits per heavy atom. The predicted octanol–water partition coefficient (Wildman–Crippen LogP) is 3.06. The molecule has 0 aliphatic heterocycles. The van der Waals surface area contributed by atoms with Crippen molar-refractivity contribution in [2.24, 2.45) is 16.5 Å². The molecule has 2 aliphatic carbocycles. The highest BCUT2D eigenvalue weighted by molar-refractivity contribution is 7.89. The van der Waals surface area contributed by atoms with Crippen molar-refractivity contribution in [2.75, 3.05) is 6.61 Å². The van der Waals surface area contributed by atoms with Crippen LogP contribution in [-0.4, -0.2) is 26.2 Å². The Hall–Kier alpha value is -2.23. The molecule has 3 rings (SSSR count). The van der Waals surface area contributed by atoms with Gasteiger partial charge >= 0.3 is 5.69 Å². The number of allylic oxidation sites excluding steroid dienone is 3. The molecule has 28 heavy (non-hydrogen) atoms. The number of rotatable bonds is 6. The highest BCUT2D eigenvalue weighted by atomic mass is 35.5. The van der Waals surface area contributed by atoms with Gasteiger partial charge in [0.15, 0.2) is 5.75 Å². The maximum Gasteiger partial charge on any atom is 0.312 e. The summed E-state index contributed by atoms with van der Waals surface area (Å²) >= 11 is 6.12. The van der Waals surface area contributed by atoms with Gasteiger partial charge in [-0.25, -0.2) is 13.6 Å². The maximum atomic E-state index is 12.0. The van der Waals surface area contributed by atoms with E-state index in [9.17, 15) is 23.3 Å². The molecule has 2 atom stereocenters. The standard InChI is InChI=1S/C18H19ClN2O6S/c19-13-3-5-15-12(8-13)2-1-7-18(15,10-22)11-27-17-6-4-14(28(20,25)26)9-16(17)21(23)24/h3-6,9-10,12H,1-2,7-8,11H2,(H2,20,25,26). The normalized spacial score (nSPS) is 24.6. The van der Waals surface area contributed by atoms with Crippen LogP contribution < -0.4 is 9.88 Å². The van der Waals surface area contributed by atoms with Gasteiger partial charge in [-0.3, -0.25) is 10.1 Å². The third kappa shape index (κ3) is 3.96. The SMILES string of the molecule is NS(=O)(=O)c1ccc(OCC2(C=O)CCCC3CC(Cl)=CC=C32)c([N+](=O)[O-])c1. The van der Waals surface area contributed by atoms with E-state index < -0.39 is 26.0 Å². The molecule has 10 heteroatoms. The molecule has 8 nitrogen and oxygen atoms in total. The Labute approximate surface area is 167 Å². The highest BCUT2D eigenvalue weighted by Gasteiger charge is 2.43. The molecule has 150 valence electrons. The van der Waals surface area contributed by atoms with Gasteiger partial charge in [-0.15, -0.1) is 0 Å². The van der Waals surface area contributed by atoms with Crippen LogP contribution in [0.15, 0.2) is 45.9 Å². The number of aldehydes is 1. The average Bonchev–Trinajstić information content (AvgIpc) is 2.65. The number of fused-ring (bicyclic) bond motifs is 1. The molecule has 0 saturated heterocycles. The van der Waals surface area contributed by atoms with Crippen LogP contribution in [0.3, 0.4) is 0 Å². The van der Waals surface area contributed by atoms with E-state index in [4.69, 9.17) is 21.5 Å². The monoisotopic (exact) mass is 426 g/mol. The zero-order chi connectivity index (χ0) is 20.5. The van der Waals surface area contributed by atoms with Crippen molar-refractivity contribution in [3.05, 3.63) is 51.1 Å². The van der Waals surface area contributed by atoms with Crippen LogP contribution in [-0.2, 0) is 14.8 Å². The van der Waals surface area contributed by atoms with Crippen molar-refractivity contribution >= 4 is 33.6 Å². The zero-order valence-electron chi connectivity index (χ0n) is 14.8. The molecule has 0 aromatic heterocycles. The molecule has 0 radical (unpaired) electrons. The van der Waals surface area contributed by atoms with Crippen molar-refractivity contribution in [2.45, 2.75) is 30.6 Å². The summed E-state index contributed by atoms with van der Waals surface area (Å²) in [5, 5.41) is 17.1. The Balaban J connectivity index is 1.92. The quantitative estimate of drug-likeness (QED) is 0.422. The summed E-state index contributed by atoms with van der Waals surface area (Å²) in [6, 6.07) is 3.17. The van der Waals surface area contributed by atoms with Crippen LogP contribution in [0, 0.1) is 21.4 Å². The Morgan fingerprint density at radius 3 is 2.79 bits per heavy atom. The molecular weight excluding hydrogens is 408 g/mol. The van der Waals surface area contributed by atoms with Gasteiger partial charge in [-0.1, -0.05) is 29.7 Å². The second-order valence-electron chi connectivity index (χ2n) is 7.02. The lowest BCUT2D eigenvalue weighted by Gasteiger charge is -2.41. The number of nitro benzene ring substituents is 1. The number of primary sulfonamides is 1. The number of hydrogen-bond acceptors (Lipinski definition) is 6. The van der Waals surface area contributed by atoms with Gasteiger partial charge in [-0.05, 0) is 43.4 Å². The van der Waals surface area contributed by atoms with Crippen LogP contribution in [0.1, 0.15) is 25.7 Å². The first-order chi connectivity index (χ1) is 13.2. The van der Waals surface area contributed by atoms with E-state index >= 15 is 0 Å². The fourth-order valence-electron chi connectivity index (χ4n) is 3.83.